The van der Waals surface area contributed by atoms with Crippen LogP contribution in [0.15, 0.2) is 0 Å². The zero-order valence-corrected chi connectivity index (χ0v) is 10.4. The first kappa shape index (κ1) is 13.6. The van der Waals surface area contributed by atoms with Gasteiger partial charge in [0.15, 0.2) is 0 Å². The summed E-state index contributed by atoms with van der Waals surface area (Å²) in [6.45, 7) is 5.40. The summed E-state index contributed by atoms with van der Waals surface area (Å²) in [5, 5.41) is 2.22. The van der Waals surface area contributed by atoms with Crippen LogP contribution in [-0.4, -0.2) is 35.3 Å². The Balaban J connectivity index is 3.07. The Morgan fingerprint density at radius 2 is 2.00 bits per heavy atom. The van der Waals surface area contributed by atoms with Crippen molar-refractivity contribution in [1.82, 2.24) is 10.2 Å². The van der Waals surface area contributed by atoms with Gasteiger partial charge in [-0.25, -0.2) is 4.79 Å². The van der Waals surface area contributed by atoms with Crippen LogP contribution < -0.4 is 11.1 Å². The normalized spacial score (nSPS) is 27.1. The fourth-order valence-electron chi connectivity index (χ4n) is 1.84. The Bertz CT molecular complexity index is 356. The lowest BCUT2D eigenvalue weighted by Gasteiger charge is -2.39. The van der Waals surface area contributed by atoms with Gasteiger partial charge in [-0.3, -0.25) is 19.8 Å². The van der Waals surface area contributed by atoms with Crippen LogP contribution >= 0.6 is 0 Å². The molecule has 3 N–H and O–H groups in total. The summed E-state index contributed by atoms with van der Waals surface area (Å²) in [5.74, 6) is -1.01. The smallest absolute Gasteiger partial charge is 0.330 e. The Hall–Kier alpha value is -1.43. The predicted molar refractivity (Wildman–Crippen MR) is 61.9 cm³/mol. The minimum absolute atomic E-state index is 0.220. The molecule has 1 aliphatic rings. The lowest BCUT2D eigenvalue weighted by atomic mass is 9.82. The van der Waals surface area contributed by atoms with E-state index in [4.69, 9.17) is 5.73 Å². The summed E-state index contributed by atoms with van der Waals surface area (Å²) in [4.78, 5) is 36.8. The first-order chi connectivity index (χ1) is 7.88. The minimum atomic E-state index is -1.23. The average molecular weight is 241 g/mol. The van der Waals surface area contributed by atoms with E-state index in [-0.39, 0.29) is 19.0 Å². The zero-order chi connectivity index (χ0) is 13.2. The maximum Gasteiger partial charge on any atom is 0.331 e. The summed E-state index contributed by atoms with van der Waals surface area (Å²) < 4.78 is 0. The number of carbonyl (C=O) groups excluding carboxylic acids is 3. The molecule has 6 heteroatoms. The highest BCUT2D eigenvalue weighted by atomic mass is 16.2. The van der Waals surface area contributed by atoms with E-state index < -0.39 is 23.3 Å². The molecule has 4 amide bonds. The van der Waals surface area contributed by atoms with Crippen molar-refractivity contribution in [3.8, 4) is 0 Å². The van der Waals surface area contributed by atoms with Crippen LogP contribution in [0.1, 0.15) is 33.6 Å². The quantitative estimate of drug-likeness (QED) is 0.688. The molecule has 2 atom stereocenters. The second-order valence-corrected chi connectivity index (χ2v) is 4.56. The van der Waals surface area contributed by atoms with Crippen molar-refractivity contribution < 1.29 is 14.4 Å². The molecule has 1 fully saturated rings. The number of nitrogens with zero attached hydrogens (tertiary/aromatic N) is 1. The molecule has 0 bridgehead atoms. The second-order valence-electron chi connectivity index (χ2n) is 4.56. The number of hydrogen-bond donors (Lipinski definition) is 2. The van der Waals surface area contributed by atoms with E-state index in [1.807, 2.05) is 6.92 Å². The first-order valence-corrected chi connectivity index (χ1v) is 5.77. The summed E-state index contributed by atoms with van der Waals surface area (Å²) in [7, 11) is 0. The summed E-state index contributed by atoms with van der Waals surface area (Å²) >= 11 is 0. The van der Waals surface area contributed by atoms with Gasteiger partial charge in [0.05, 0.1) is 0 Å². The molecular formula is C11H19N3O3. The van der Waals surface area contributed by atoms with Crippen molar-refractivity contribution in [2.75, 3.05) is 6.54 Å². The van der Waals surface area contributed by atoms with Gasteiger partial charge in [-0.2, -0.15) is 0 Å². The molecule has 0 aromatic carbocycles. The molecule has 0 radical (unpaired) electrons. The van der Waals surface area contributed by atoms with Crippen LogP contribution in [0.25, 0.3) is 0 Å². The maximum absolute atomic E-state index is 12.2. The van der Waals surface area contributed by atoms with E-state index in [1.165, 1.54) is 6.92 Å². The van der Waals surface area contributed by atoms with E-state index >= 15 is 0 Å². The largest absolute Gasteiger partial charge is 0.331 e. The highest BCUT2D eigenvalue weighted by molar-refractivity contribution is 6.19. The van der Waals surface area contributed by atoms with Gasteiger partial charge in [-0.1, -0.05) is 6.92 Å². The van der Waals surface area contributed by atoms with Crippen LogP contribution in [0.5, 0.6) is 0 Å². The number of urea groups is 1. The number of nitrogens with two attached hydrogens (primary N) is 1. The van der Waals surface area contributed by atoms with E-state index in [2.05, 4.69) is 5.32 Å². The molecule has 0 spiro atoms. The highest BCUT2D eigenvalue weighted by Gasteiger charge is 2.50. The molecule has 6 nitrogen and oxygen atoms in total. The van der Waals surface area contributed by atoms with Crippen LogP contribution in [0.3, 0.4) is 0 Å². The number of imide groups is 2. The summed E-state index contributed by atoms with van der Waals surface area (Å²) in [5.41, 5.74) is 4.19. The lowest BCUT2D eigenvalue weighted by molar-refractivity contribution is -0.152. The van der Waals surface area contributed by atoms with Crippen molar-refractivity contribution in [1.29, 1.82) is 0 Å². The predicted octanol–water partition coefficient (Wildman–Crippen LogP) is 0.218. The van der Waals surface area contributed by atoms with E-state index in [0.717, 1.165) is 4.90 Å². The summed E-state index contributed by atoms with van der Waals surface area (Å²) in [6, 6.07) is -0.864. The molecule has 0 aliphatic carbocycles. The standard InChI is InChI=1S/C11H19N3O3/c1-4-7(2)14-9(16)11(3,5-6-12)8(15)13-10(14)17/h7H,4-6,12H2,1-3H3,(H,13,15,17). The van der Waals surface area contributed by atoms with Crippen LogP contribution in [0, 0.1) is 5.41 Å². The molecule has 17 heavy (non-hydrogen) atoms. The number of amides is 4. The Morgan fingerprint density at radius 3 is 2.47 bits per heavy atom. The van der Waals surface area contributed by atoms with E-state index in [0.29, 0.717) is 6.42 Å². The molecular weight excluding hydrogens is 222 g/mol. The third-order valence-electron chi connectivity index (χ3n) is 3.31. The van der Waals surface area contributed by atoms with Gasteiger partial charge in [0.1, 0.15) is 5.41 Å². The van der Waals surface area contributed by atoms with Crippen molar-refractivity contribution in [2.24, 2.45) is 11.1 Å². The number of rotatable bonds is 4. The van der Waals surface area contributed by atoms with E-state index in [1.54, 1.807) is 6.92 Å². The van der Waals surface area contributed by atoms with Gasteiger partial charge in [0, 0.05) is 6.04 Å². The minimum Gasteiger partial charge on any atom is -0.330 e. The molecule has 1 heterocycles. The third-order valence-corrected chi connectivity index (χ3v) is 3.31. The van der Waals surface area contributed by atoms with Crippen LogP contribution in [0.2, 0.25) is 0 Å². The van der Waals surface area contributed by atoms with Gasteiger partial charge >= 0.3 is 6.03 Å². The number of carbonyl (C=O) groups is 3. The molecule has 0 saturated carbocycles. The van der Waals surface area contributed by atoms with Crippen molar-refractivity contribution in [3.05, 3.63) is 0 Å². The molecule has 1 rings (SSSR count). The van der Waals surface area contributed by atoms with Gasteiger partial charge < -0.3 is 5.73 Å². The SMILES string of the molecule is CCC(C)N1C(=O)NC(=O)C(C)(CCN)C1=O. The highest BCUT2D eigenvalue weighted by Crippen LogP contribution is 2.29. The second kappa shape index (κ2) is 4.83. The van der Waals surface area contributed by atoms with Gasteiger partial charge in [-0.05, 0) is 33.2 Å². The number of barbiturate groups is 1. The molecule has 1 saturated heterocycles. The summed E-state index contributed by atoms with van der Waals surface area (Å²) in [6.07, 6.45) is 0.879. The van der Waals surface area contributed by atoms with E-state index in [9.17, 15) is 14.4 Å². The molecule has 96 valence electrons. The Labute approximate surface area is 101 Å². The van der Waals surface area contributed by atoms with Crippen molar-refractivity contribution in [3.63, 3.8) is 0 Å². The van der Waals surface area contributed by atoms with Crippen molar-refractivity contribution >= 4 is 17.8 Å². The fourth-order valence-corrected chi connectivity index (χ4v) is 1.84. The first-order valence-electron chi connectivity index (χ1n) is 5.77. The molecule has 0 aromatic heterocycles. The van der Waals surface area contributed by atoms with Gasteiger partial charge in [0.2, 0.25) is 11.8 Å². The molecule has 1 aliphatic heterocycles. The van der Waals surface area contributed by atoms with Crippen LogP contribution in [0.4, 0.5) is 4.79 Å². The number of hydrogen-bond acceptors (Lipinski definition) is 4. The number of nitrogens with one attached hydrogen (secondary N) is 1. The topological polar surface area (TPSA) is 92.5 Å². The monoisotopic (exact) mass is 241 g/mol. The fraction of sp³-hybridized carbons (Fsp3) is 0.727. The third kappa shape index (κ3) is 2.17. The zero-order valence-electron chi connectivity index (χ0n) is 10.4. The Kier molecular flexibility index (Phi) is 3.87. The van der Waals surface area contributed by atoms with Crippen LogP contribution in [-0.2, 0) is 9.59 Å². The molecule has 0 aromatic rings. The average Bonchev–Trinajstić information content (AvgIpc) is 2.27. The van der Waals surface area contributed by atoms with Gasteiger partial charge in [0.25, 0.3) is 0 Å². The van der Waals surface area contributed by atoms with Gasteiger partial charge in [-0.15, -0.1) is 0 Å². The maximum atomic E-state index is 12.2. The molecule has 2 unspecified atom stereocenters. The lowest BCUT2D eigenvalue weighted by Crippen LogP contribution is -2.65. The Morgan fingerprint density at radius 1 is 1.41 bits per heavy atom. The van der Waals surface area contributed by atoms with Crippen molar-refractivity contribution in [2.45, 2.75) is 39.7 Å².